The first-order valence-electron chi connectivity index (χ1n) is 6.33. The highest BCUT2D eigenvalue weighted by Crippen LogP contribution is 2.18. The maximum absolute atomic E-state index is 13.2. The summed E-state index contributed by atoms with van der Waals surface area (Å²) < 4.78 is 18.8. The summed E-state index contributed by atoms with van der Waals surface area (Å²) in [7, 11) is 0. The predicted octanol–water partition coefficient (Wildman–Crippen LogP) is 3.67. The van der Waals surface area contributed by atoms with E-state index in [9.17, 15) is 9.18 Å². The minimum absolute atomic E-state index is 0.0204. The summed E-state index contributed by atoms with van der Waals surface area (Å²) >= 11 is 0. The van der Waals surface area contributed by atoms with Gasteiger partial charge in [-0.25, -0.2) is 9.18 Å². The number of benzene rings is 2. The van der Waals surface area contributed by atoms with Gasteiger partial charge >= 0.3 is 5.97 Å². The number of halogens is 1. The van der Waals surface area contributed by atoms with Crippen LogP contribution in [0.3, 0.4) is 0 Å². The molecule has 104 valence electrons. The Kier molecular flexibility index (Phi) is 4.35. The maximum atomic E-state index is 13.2. The molecule has 20 heavy (non-hydrogen) atoms. The lowest BCUT2D eigenvalue weighted by Gasteiger charge is -2.10. The number of ether oxygens (including phenoxy) is 1. The molecule has 0 heterocycles. The molecule has 2 aromatic rings. The summed E-state index contributed by atoms with van der Waals surface area (Å²) in [5.74, 6) is -0.924. The lowest BCUT2D eigenvalue weighted by molar-refractivity contribution is 0.0694. The molecule has 0 saturated carbocycles. The zero-order chi connectivity index (χ0) is 14.5. The lowest BCUT2D eigenvalue weighted by Crippen LogP contribution is -2.06. The molecule has 0 amide bonds. The smallest absolute Gasteiger partial charge is 0.336 e. The normalized spacial score (nSPS) is 10.3. The number of hydrogen-bond acceptors (Lipinski definition) is 2. The number of carboxylic acid groups (broad SMARTS) is 1. The van der Waals surface area contributed by atoms with Crippen LogP contribution in [0.25, 0.3) is 0 Å². The van der Waals surface area contributed by atoms with Crippen molar-refractivity contribution in [2.45, 2.75) is 20.0 Å². The second kappa shape index (κ2) is 6.19. The summed E-state index contributed by atoms with van der Waals surface area (Å²) in [4.78, 5) is 11.1. The van der Waals surface area contributed by atoms with E-state index in [0.29, 0.717) is 11.3 Å². The van der Waals surface area contributed by atoms with Crippen LogP contribution in [0.4, 0.5) is 4.39 Å². The number of aryl methyl sites for hydroxylation is 1. The van der Waals surface area contributed by atoms with Crippen molar-refractivity contribution in [3.05, 3.63) is 65.0 Å². The molecule has 0 bridgehead atoms. The zero-order valence-corrected chi connectivity index (χ0v) is 11.1. The van der Waals surface area contributed by atoms with Crippen molar-refractivity contribution < 1.29 is 19.0 Å². The third-order valence-electron chi connectivity index (χ3n) is 3.00. The highest BCUT2D eigenvalue weighted by atomic mass is 19.1. The van der Waals surface area contributed by atoms with E-state index < -0.39 is 11.8 Å². The Morgan fingerprint density at radius 1 is 1.25 bits per heavy atom. The summed E-state index contributed by atoms with van der Waals surface area (Å²) in [5.41, 5.74) is 1.50. The molecule has 0 aliphatic rings. The highest BCUT2D eigenvalue weighted by molar-refractivity contribution is 5.89. The molecule has 0 aliphatic heterocycles. The van der Waals surface area contributed by atoms with E-state index in [0.717, 1.165) is 18.1 Å². The van der Waals surface area contributed by atoms with Crippen LogP contribution in [0.15, 0.2) is 42.5 Å². The van der Waals surface area contributed by atoms with Gasteiger partial charge in [0.25, 0.3) is 0 Å². The van der Waals surface area contributed by atoms with Crippen molar-refractivity contribution in [1.29, 1.82) is 0 Å². The third kappa shape index (κ3) is 3.35. The Bertz CT molecular complexity index is 623. The second-order valence-corrected chi connectivity index (χ2v) is 4.40. The van der Waals surface area contributed by atoms with Crippen molar-refractivity contribution in [2.75, 3.05) is 0 Å². The van der Waals surface area contributed by atoms with Crippen LogP contribution in [-0.4, -0.2) is 11.1 Å². The van der Waals surface area contributed by atoms with Gasteiger partial charge in [0.15, 0.2) is 0 Å². The van der Waals surface area contributed by atoms with Crippen molar-refractivity contribution in [3.8, 4) is 5.75 Å². The Morgan fingerprint density at radius 2 is 2.05 bits per heavy atom. The monoisotopic (exact) mass is 274 g/mol. The molecule has 0 fully saturated rings. The van der Waals surface area contributed by atoms with Gasteiger partial charge < -0.3 is 9.84 Å². The molecule has 0 atom stereocenters. The molecule has 2 rings (SSSR count). The third-order valence-corrected chi connectivity index (χ3v) is 3.00. The molecule has 0 unspecified atom stereocenters. The van der Waals surface area contributed by atoms with Crippen LogP contribution < -0.4 is 4.74 Å². The summed E-state index contributed by atoms with van der Waals surface area (Å²) in [6, 6.07) is 11.1. The van der Waals surface area contributed by atoms with E-state index in [1.807, 2.05) is 25.1 Å². The first-order valence-corrected chi connectivity index (χ1v) is 6.33. The van der Waals surface area contributed by atoms with Crippen LogP contribution in [-0.2, 0) is 13.0 Å². The van der Waals surface area contributed by atoms with Crippen molar-refractivity contribution in [3.63, 3.8) is 0 Å². The van der Waals surface area contributed by atoms with E-state index in [4.69, 9.17) is 9.84 Å². The van der Waals surface area contributed by atoms with Gasteiger partial charge in [0.1, 0.15) is 18.2 Å². The quantitative estimate of drug-likeness (QED) is 0.905. The van der Waals surface area contributed by atoms with Crippen LogP contribution in [0.1, 0.15) is 28.4 Å². The lowest BCUT2D eigenvalue weighted by atomic mass is 10.1. The Labute approximate surface area is 116 Å². The first-order chi connectivity index (χ1) is 9.60. The molecule has 0 aromatic heterocycles. The van der Waals surface area contributed by atoms with Crippen molar-refractivity contribution >= 4 is 5.97 Å². The van der Waals surface area contributed by atoms with Gasteiger partial charge in [0, 0.05) is 5.56 Å². The van der Waals surface area contributed by atoms with Crippen molar-refractivity contribution in [1.82, 2.24) is 0 Å². The van der Waals surface area contributed by atoms with Gasteiger partial charge in [-0.2, -0.15) is 0 Å². The molecular formula is C16H15FO3. The van der Waals surface area contributed by atoms with Gasteiger partial charge in [0.2, 0.25) is 0 Å². The number of carboxylic acids is 1. The van der Waals surface area contributed by atoms with Gasteiger partial charge in [-0.15, -0.1) is 0 Å². The highest BCUT2D eigenvalue weighted by Gasteiger charge is 2.11. The maximum Gasteiger partial charge on any atom is 0.336 e. The van der Waals surface area contributed by atoms with Gasteiger partial charge in [-0.1, -0.05) is 19.1 Å². The van der Waals surface area contributed by atoms with Gasteiger partial charge in [0.05, 0.1) is 5.56 Å². The predicted molar refractivity (Wildman–Crippen MR) is 73.5 cm³/mol. The molecule has 0 saturated heterocycles. The van der Waals surface area contributed by atoms with E-state index >= 15 is 0 Å². The Morgan fingerprint density at radius 3 is 2.75 bits per heavy atom. The van der Waals surface area contributed by atoms with Gasteiger partial charge in [-0.3, -0.25) is 0 Å². The van der Waals surface area contributed by atoms with Crippen molar-refractivity contribution in [2.24, 2.45) is 0 Å². The zero-order valence-electron chi connectivity index (χ0n) is 11.1. The molecule has 2 aromatic carbocycles. The average Bonchev–Trinajstić information content (AvgIpc) is 2.45. The average molecular weight is 274 g/mol. The van der Waals surface area contributed by atoms with E-state index in [1.54, 1.807) is 6.07 Å². The SMILES string of the molecule is CCc1cccc(OCc2cc(F)ccc2C(=O)O)c1. The van der Waals surface area contributed by atoms with Crippen LogP contribution in [0, 0.1) is 5.82 Å². The number of carbonyl (C=O) groups is 1. The topological polar surface area (TPSA) is 46.5 Å². The van der Waals surface area contributed by atoms with Crippen LogP contribution in [0.5, 0.6) is 5.75 Å². The Hall–Kier alpha value is -2.36. The fraction of sp³-hybridized carbons (Fsp3) is 0.188. The molecule has 3 nitrogen and oxygen atoms in total. The molecular weight excluding hydrogens is 259 g/mol. The number of hydrogen-bond donors (Lipinski definition) is 1. The number of rotatable bonds is 5. The van der Waals surface area contributed by atoms with E-state index in [1.165, 1.54) is 12.1 Å². The molecule has 1 N–H and O–H groups in total. The van der Waals surface area contributed by atoms with Crippen LogP contribution in [0.2, 0.25) is 0 Å². The summed E-state index contributed by atoms with van der Waals surface area (Å²) in [6.45, 7) is 2.06. The fourth-order valence-electron chi connectivity index (χ4n) is 1.91. The largest absolute Gasteiger partial charge is 0.489 e. The summed E-state index contributed by atoms with van der Waals surface area (Å²) in [6.07, 6.45) is 0.886. The Balaban J connectivity index is 2.17. The van der Waals surface area contributed by atoms with E-state index in [2.05, 4.69) is 0 Å². The minimum Gasteiger partial charge on any atom is -0.489 e. The van der Waals surface area contributed by atoms with Crippen LogP contribution >= 0.6 is 0 Å². The standard InChI is InChI=1S/C16H15FO3/c1-2-11-4-3-5-14(8-11)20-10-12-9-13(17)6-7-15(12)16(18)19/h3-9H,2,10H2,1H3,(H,18,19). The first kappa shape index (κ1) is 14.1. The minimum atomic E-state index is -1.09. The molecule has 0 aliphatic carbocycles. The molecule has 4 heteroatoms. The molecule has 0 spiro atoms. The number of aromatic carboxylic acids is 1. The van der Waals surface area contributed by atoms with E-state index in [-0.39, 0.29) is 12.2 Å². The second-order valence-electron chi connectivity index (χ2n) is 4.40. The molecule has 0 radical (unpaired) electrons. The van der Waals surface area contributed by atoms with Gasteiger partial charge in [-0.05, 0) is 42.3 Å². The fourth-order valence-corrected chi connectivity index (χ4v) is 1.91. The summed E-state index contributed by atoms with van der Waals surface area (Å²) in [5, 5.41) is 9.06.